The largest absolute Gasteiger partial charge is 0.474 e. The van der Waals surface area contributed by atoms with Crippen molar-refractivity contribution in [1.29, 1.82) is 0 Å². The summed E-state index contributed by atoms with van der Waals surface area (Å²) in [5.74, 6) is -3.54. The molecule has 2 atom stereocenters. The third-order valence-electron chi connectivity index (χ3n) is 6.78. The first-order valence-electron chi connectivity index (χ1n) is 13.1. The summed E-state index contributed by atoms with van der Waals surface area (Å²) >= 11 is 0. The van der Waals surface area contributed by atoms with E-state index in [0.717, 1.165) is 6.92 Å². The van der Waals surface area contributed by atoms with Crippen LogP contribution in [-0.4, -0.2) is 53.4 Å². The maximum atomic E-state index is 16.4. The average Bonchev–Trinajstić information content (AvgIpc) is 2.87. The zero-order valence-electron chi connectivity index (χ0n) is 23.8. The minimum absolute atomic E-state index is 0.0619. The number of alkyl halides is 3. The van der Waals surface area contributed by atoms with Gasteiger partial charge in [-0.05, 0) is 66.1 Å². The molecule has 4 rings (SSSR count). The zero-order valence-corrected chi connectivity index (χ0v) is 24.6. The zero-order chi connectivity index (χ0) is 31.4. The van der Waals surface area contributed by atoms with Gasteiger partial charge in [0.05, 0.1) is 22.1 Å². The van der Waals surface area contributed by atoms with Crippen LogP contribution in [0, 0.1) is 18.6 Å². The summed E-state index contributed by atoms with van der Waals surface area (Å²) in [6.07, 6.45) is -5.21. The quantitative estimate of drug-likeness (QED) is 0.236. The number of anilines is 3. The molecule has 230 valence electrons. The number of nitrogens with two attached hydrogens (primary N) is 1. The fourth-order valence-corrected chi connectivity index (χ4v) is 4.97. The van der Waals surface area contributed by atoms with E-state index in [1.165, 1.54) is 20.8 Å². The molecule has 1 aromatic carbocycles. The number of benzene rings is 1. The molecule has 42 heavy (non-hydrogen) atoms. The molecule has 0 saturated carbocycles. The first-order valence-corrected chi connectivity index (χ1v) is 14.5. The van der Waals surface area contributed by atoms with Gasteiger partial charge in [-0.25, -0.2) is 27.2 Å². The average molecular weight is 618 g/mol. The van der Waals surface area contributed by atoms with E-state index in [0.29, 0.717) is 19.0 Å². The third kappa shape index (κ3) is 6.00. The number of pyridine rings is 1. The maximum absolute atomic E-state index is 16.4. The number of ether oxygens (including phenoxy) is 1. The Bertz CT molecular complexity index is 1640. The summed E-state index contributed by atoms with van der Waals surface area (Å²) in [6.45, 7) is 9.48. The van der Waals surface area contributed by atoms with E-state index in [1.807, 2.05) is 6.92 Å². The van der Waals surface area contributed by atoms with E-state index in [-0.39, 0.29) is 29.7 Å². The van der Waals surface area contributed by atoms with Crippen molar-refractivity contribution in [3.05, 3.63) is 28.8 Å². The van der Waals surface area contributed by atoms with E-state index in [2.05, 4.69) is 30.3 Å². The highest BCUT2D eigenvalue weighted by molar-refractivity contribution is 7.94. The van der Waals surface area contributed by atoms with Crippen molar-refractivity contribution >= 4 is 38.4 Å². The number of nitrogen functional groups attached to an aromatic ring is 1. The van der Waals surface area contributed by atoms with Gasteiger partial charge in [0.25, 0.3) is 0 Å². The predicted octanol–water partition coefficient (Wildman–Crippen LogP) is 4.98. The standard InChI is InChI=1S/C26H32F5N7O3S/c1-11-10-34-22-16-21(36-24(37-22)38-42(39,40)25(4,5)6)19(28)20(35-23(16)41-12(2)7-8-33-11)14-9-15(32)18(27)13(3)17(14)26(29,30)31/h9,11-12,33H,7-8,10,32H2,1-6H3,(H2,34,36,37,38)/t11?,12-/m0/s1. The van der Waals surface area contributed by atoms with Crippen molar-refractivity contribution < 1.29 is 35.1 Å². The van der Waals surface area contributed by atoms with Crippen molar-refractivity contribution in [3.8, 4) is 17.1 Å². The molecule has 0 saturated heterocycles. The van der Waals surface area contributed by atoms with E-state index in [9.17, 15) is 26.0 Å². The third-order valence-corrected chi connectivity index (χ3v) is 8.85. The van der Waals surface area contributed by atoms with Crippen molar-refractivity contribution in [2.75, 3.05) is 28.9 Å². The van der Waals surface area contributed by atoms with Crippen molar-refractivity contribution in [2.24, 2.45) is 0 Å². The number of halogens is 5. The lowest BCUT2D eigenvalue weighted by Gasteiger charge is -2.22. The molecule has 1 unspecified atom stereocenters. The SMILES string of the molecule is Cc1c(F)c(N)cc(-c2nc3c4c(nc(NS(=O)(=O)C(C)(C)C)nc4c2F)NCC(C)NCC[C@H](C)O3)c1C(F)(F)F. The normalized spacial score (nSPS) is 18.6. The van der Waals surface area contributed by atoms with Gasteiger partial charge in [-0.2, -0.15) is 18.2 Å². The summed E-state index contributed by atoms with van der Waals surface area (Å²) in [6, 6.07) is 0.536. The Kier molecular flexibility index (Phi) is 8.19. The van der Waals surface area contributed by atoms with Crippen molar-refractivity contribution in [3.63, 3.8) is 0 Å². The van der Waals surface area contributed by atoms with Crippen LogP contribution in [0.15, 0.2) is 6.07 Å². The van der Waals surface area contributed by atoms with Gasteiger partial charge in [-0.1, -0.05) is 0 Å². The van der Waals surface area contributed by atoms with Crippen LogP contribution in [-0.2, 0) is 16.2 Å². The molecule has 0 aliphatic carbocycles. The van der Waals surface area contributed by atoms with Gasteiger partial charge < -0.3 is 21.1 Å². The molecule has 0 spiro atoms. The molecule has 2 aromatic heterocycles. The van der Waals surface area contributed by atoms with Crippen LogP contribution in [0.4, 0.5) is 39.4 Å². The summed E-state index contributed by atoms with van der Waals surface area (Å²) in [5.41, 5.74) is 0.435. The second-order valence-electron chi connectivity index (χ2n) is 11.2. The summed E-state index contributed by atoms with van der Waals surface area (Å²) < 4.78 is 106. The molecule has 0 fully saturated rings. The molecule has 0 amide bonds. The molecule has 0 radical (unpaired) electrons. The van der Waals surface area contributed by atoms with Gasteiger partial charge in [-0.15, -0.1) is 0 Å². The molecular formula is C26H32F5N7O3S. The predicted molar refractivity (Wildman–Crippen MR) is 150 cm³/mol. The summed E-state index contributed by atoms with van der Waals surface area (Å²) in [4.78, 5) is 12.5. The Morgan fingerprint density at radius 3 is 2.38 bits per heavy atom. The van der Waals surface area contributed by atoms with Gasteiger partial charge in [-0.3, -0.25) is 4.72 Å². The summed E-state index contributed by atoms with van der Waals surface area (Å²) in [7, 11) is -4.10. The fourth-order valence-electron chi connectivity index (χ4n) is 4.33. The lowest BCUT2D eigenvalue weighted by atomic mass is 9.96. The molecule has 16 heteroatoms. The number of sulfonamides is 1. The van der Waals surface area contributed by atoms with Crippen LogP contribution in [0.1, 0.15) is 52.2 Å². The van der Waals surface area contributed by atoms with Crippen LogP contribution in [0.2, 0.25) is 0 Å². The van der Waals surface area contributed by atoms with Crippen LogP contribution >= 0.6 is 0 Å². The monoisotopic (exact) mass is 617 g/mol. The van der Waals surface area contributed by atoms with Gasteiger partial charge >= 0.3 is 6.18 Å². The first kappa shape index (κ1) is 31.4. The molecule has 3 heterocycles. The van der Waals surface area contributed by atoms with E-state index < -0.39 is 78.2 Å². The molecular weight excluding hydrogens is 585 g/mol. The minimum Gasteiger partial charge on any atom is -0.474 e. The van der Waals surface area contributed by atoms with Crippen LogP contribution in [0.3, 0.4) is 0 Å². The van der Waals surface area contributed by atoms with Crippen LogP contribution < -0.4 is 25.8 Å². The number of hydrogen-bond donors (Lipinski definition) is 4. The highest BCUT2D eigenvalue weighted by Crippen LogP contribution is 2.44. The Morgan fingerprint density at radius 1 is 1.10 bits per heavy atom. The number of nitrogens with zero attached hydrogens (tertiary/aromatic N) is 3. The van der Waals surface area contributed by atoms with Crippen molar-refractivity contribution in [2.45, 2.75) is 71.0 Å². The molecule has 10 nitrogen and oxygen atoms in total. The minimum atomic E-state index is -5.11. The van der Waals surface area contributed by atoms with Gasteiger partial charge in [0, 0.05) is 18.2 Å². The second kappa shape index (κ2) is 10.9. The molecule has 1 aliphatic rings. The van der Waals surface area contributed by atoms with Crippen LogP contribution in [0.25, 0.3) is 22.2 Å². The van der Waals surface area contributed by atoms with E-state index in [1.54, 1.807) is 6.92 Å². The van der Waals surface area contributed by atoms with E-state index in [4.69, 9.17) is 10.5 Å². The number of nitrogens with one attached hydrogen (secondary N) is 3. The fraction of sp³-hybridized carbons (Fsp3) is 0.500. The molecule has 3 aromatic rings. The van der Waals surface area contributed by atoms with Gasteiger partial charge in [0.2, 0.25) is 21.9 Å². The molecule has 5 N–H and O–H groups in total. The maximum Gasteiger partial charge on any atom is 0.417 e. The number of hydrogen-bond acceptors (Lipinski definition) is 9. The molecule has 0 bridgehead atoms. The van der Waals surface area contributed by atoms with E-state index >= 15 is 4.39 Å². The topological polar surface area (TPSA) is 144 Å². The van der Waals surface area contributed by atoms with Gasteiger partial charge in [0.15, 0.2) is 5.82 Å². The Morgan fingerprint density at radius 2 is 1.76 bits per heavy atom. The van der Waals surface area contributed by atoms with Crippen molar-refractivity contribution in [1.82, 2.24) is 20.3 Å². The molecule has 1 aliphatic heterocycles. The Hall–Kier alpha value is -3.53. The second-order valence-corrected chi connectivity index (χ2v) is 13.6. The van der Waals surface area contributed by atoms with Crippen LogP contribution in [0.5, 0.6) is 5.88 Å². The highest BCUT2D eigenvalue weighted by atomic mass is 32.2. The summed E-state index contributed by atoms with van der Waals surface area (Å²) in [5, 5.41) is 6.17. The lowest BCUT2D eigenvalue weighted by molar-refractivity contribution is -0.137. The highest BCUT2D eigenvalue weighted by Gasteiger charge is 2.39. The van der Waals surface area contributed by atoms with Gasteiger partial charge in [0.1, 0.15) is 28.2 Å². The lowest BCUT2D eigenvalue weighted by Crippen LogP contribution is -2.35. The number of aromatic nitrogens is 3. The first-order chi connectivity index (χ1) is 19.3. The smallest absolute Gasteiger partial charge is 0.417 e. The number of rotatable bonds is 3. The Labute approximate surface area is 239 Å². The Balaban J connectivity index is 2.12.